The summed E-state index contributed by atoms with van der Waals surface area (Å²) in [4.78, 5) is 26.5. The first-order chi connectivity index (χ1) is 12.0. The van der Waals surface area contributed by atoms with Gasteiger partial charge in [-0.15, -0.1) is 0 Å². The molecule has 0 saturated carbocycles. The van der Waals surface area contributed by atoms with E-state index in [4.69, 9.17) is 5.11 Å². The molecule has 1 fully saturated rings. The second kappa shape index (κ2) is 7.70. The molecule has 0 amide bonds. The molecule has 6 heteroatoms. The summed E-state index contributed by atoms with van der Waals surface area (Å²) in [6.07, 6.45) is 9.80. The molecule has 3 rings (SSSR count). The molecule has 3 heterocycles. The summed E-state index contributed by atoms with van der Waals surface area (Å²) < 4.78 is 0. The number of piperidine rings is 1. The van der Waals surface area contributed by atoms with Crippen LogP contribution in [0.4, 0.5) is 0 Å². The summed E-state index contributed by atoms with van der Waals surface area (Å²) in [5.41, 5.74) is 2.47. The number of carbonyl (C=O) groups is 1. The van der Waals surface area contributed by atoms with Gasteiger partial charge in [-0.1, -0.05) is 0 Å². The van der Waals surface area contributed by atoms with Gasteiger partial charge in [-0.25, -0.2) is 4.79 Å². The van der Waals surface area contributed by atoms with Gasteiger partial charge in [0.1, 0.15) is 0 Å². The molecule has 1 aliphatic heterocycles. The third kappa shape index (κ3) is 4.39. The molecule has 0 unspecified atom stereocenters. The van der Waals surface area contributed by atoms with Gasteiger partial charge in [-0.3, -0.25) is 15.0 Å². The van der Waals surface area contributed by atoms with Crippen molar-refractivity contribution in [3.05, 3.63) is 42.1 Å². The summed E-state index contributed by atoms with van der Waals surface area (Å²) in [5.74, 6) is -0.334. The quantitative estimate of drug-likeness (QED) is 0.901. The van der Waals surface area contributed by atoms with Crippen LogP contribution in [-0.2, 0) is 6.42 Å². The van der Waals surface area contributed by atoms with Crippen molar-refractivity contribution in [2.75, 3.05) is 13.1 Å². The normalized spacial score (nSPS) is 16.3. The molecule has 2 aromatic rings. The lowest BCUT2D eigenvalue weighted by molar-refractivity contribution is 0.0696. The number of carboxylic acid groups (broad SMARTS) is 1. The largest absolute Gasteiger partial charge is 0.478 e. The molecule has 1 saturated heterocycles. The van der Waals surface area contributed by atoms with Gasteiger partial charge in [0.05, 0.1) is 23.1 Å². The van der Waals surface area contributed by atoms with Gasteiger partial charge in [0, 0.05) is 30.2 Å². The number of carboxylic acids is 1. The van der Waals surface area contributed by atoms with Crippen LogP contribution in [0.5, 0.6) is 0 Å². The third-order valence-electron chi connectivity index (χ3n) is 4.86. The smallest absolute Gasteiger partial charge is 0.337 e. The Morgan fingerprint density at radius 2 is 1.96 bits per heavy atom. The van der Waals surface area contributed by atoms with Crippen LogP contribution in [0, 0.1) is 5.92 Å². The number of aromatic nitrogens is 3. The fourth-order valence-electron chi connectivity index (χ4n) is 3.28. The fourth-order valence-corrected chi connectivity index (χ4v) is 3.28. The maximum absolute atomic E-state index is 11.0. The third-order valence-corrected chi connectivity index (χ3v) is 4.86. The van der Waals surface area contributed by atoms with Gasteiger partial charge in [-0.05, 0) is 58.2 Å². The van der Waals surface area contributed by atoms with Crippen molar-refractivity contribution < 1.29 is 9.90 Å². The van der Waals surface area contributed by atoms with Crippen LogP contribution in [0.25, 0.3) is 11.3 Å². The number of hydrogen-bond acceptors (Lipinski definition) is 5. The van der Waals surface area contributed by atoms with Gasteiger partial charge in [-0.2, -0.15) is 0 Å². The summed E-state index contributed by atoms with van der Waals surface area (Å²) in [7, 11) is 0. The van der Waals surface area contributed by atoms with E-state index in [-0.39, 0.29) is 5.56 Å². The van der Waals surface area contributed by atoms with E-state index in [9.17, 15) is 4.79 Å². The minimum atomic E-state index is -0.994. The Morgan fingerprint density at radius 1 is 1.20 bits per heavy atom. The summed E-state index contributed by atoms with van der Waals surface area (Å²) in [6, 6.07) is 2.19. The Kier molecular flexibility index (Phi) is 5.38. The zero-order chi connectivity index (χ0) is 17.8. The number of rotatable bonds is 5. The topological polar surface area (TPSA) is 79.2 Å². The maximum Gasteiger partial charge on any atom is 0.337 e. The van der Waals surface area contributed by atoms with E-state index in [1.807, 2.05) is 0 Å². The Morgan fingerprint density at radius 3 is 2.56 bits per heavy atom. The molecule has 6 nitrogen and oxygen atoms in total. The molecule has 0 bridgehead atoms. The van der Waals surface area contributed by atoms with Crippen LogP contribution in [-0.4, -0.2) is 50.1 Å². The van der Waals surface area contributed by atoms with Gasteiger partial charge in [0.25, 0.3) is 0 Å². The van der Waals surface area contributed by atoms with Crippen molar-refractivity contribution in [1.82, 2.24) is 19.9 Å². The molecule has 0 aromatic carbocycles. The first kappa shape index (κ1) is 17.5. The predicted octanol–water partition coefficient (Wildman–Crippen LogP) is 2.90. The molecule has 132 valence electrons. The highest BCUT2D eigenvalue weighted by atomic mass is 16.4. The first-order valence-corrected chi connectivity index (χ1v) is 8.76. The molecular formula is C19H24N4O2. The monoisotopic (exact) mass is 340 g/mol. The van der Waals surface area contributed by atoms with E-state index in [1.165, 1.54) is 19.0 Å². The average molecular weight is 340 g/mol. The predicted molar refractivity (Wildman–Crippen MR) is 95.4 cm³/mol. The van der Waals surface area contributed by atoms with Gasteiger partial charge < -0.3 is 10.0 Å². The highest BCUT2D eigenvalue weighted by Crippen LogP contribution is 2.23. The number of hydrogen-bond donors (Lipinski definition) is 1. The molecule has 25 heavy (non-hydrogen) atoms. The number of likely N-dealkylation sites (tertiary alicyclic amines) is 1. The van der Waals surface area contributed by atoms with E-state index in [2.05, 4.69) is 33.7 Å². The average Bonchev–Trinajstić information content (AvgIpc) is 2.63. The molecule has 1 N–H and O–H groups in total. The van der Waals surface area contributed by atoms with Crippen LogP contribution in [0.15, 0.2) is 30.9 Å². The lowest BCUT2D eigenvalue weighted by Crippen LogP contribution is -2.38. The van der Waals surface area contributed by atoms with Crippen molar-refractivity contribution in [3.63, 3.8) is 0 Å². The van der Waals surface area contributed by atoms with Crippen molar-refractivity contribution in [1.29, 1.82) is 0 Å². The Labute approximate surface area is 148 Å². The van der Waals surface area contributed by atoms with Crippen LogP contribution >= 0.6 is 0 Å². The molecule has 0 spiro atoms. The van der Waals surface area contributed by atoms with E-state index in [1.54, 1.807) is 24.7 Å². The number of aromatic carboxylic acids is 1. The number of nitrogens with zero attached hydrogens (tertiary/aromatic N) is 4. The minimum Gasteiger partial charge on any atom is -0.478 e. The molecule has 1 aliphatic rings. The lowest BCUT2D eigenvalue weighted by Gasteiger charge is -2.34. The second-order valence-corrected chi connectivity index (χ2v) is 6.94. The highest BCUT2D eigenvalue weighted by molar-refractivity contribution is 5.88. The van der Waals surface area contributed by atoms with Crippen LogP contribution < -0.4 is 0 Å². The molecule has 0 aliphatic carbocycles. The van der Waals surface area contributed by atoms with Crippen LogP contribution in [0.1, 0.15) is 42.7 Å². The Balaban J connectivity index is 1.63. The molecular weight excluding hydrogens is 316 g/mol. The summed E-state index contributed by atoms with van der Waals surface area (Å²) in [6.45, 7) is 6.81. The second-order valence-electron chi connectivity index (χ2n) is 6.94. The SMILES string of the molecule is CC(C)N1CCC(Cc2cnc(-c3cncc(C(=O)O)c3)cn2)CC1. The Hall–Kier alpha value is -2.34. The zero-order valence-corrected chi connectivity index (χ0v) is 14.7. The highest BCUT2D eigenvalue weighted by Gasteiger charge is 2.21. The molecule has 2 aromatic heterocycles. The van der Waals surface area contributed by atoms with Gasteiger partial charge in [0.2, 0.25) is 0 Å². The van der Waals surface area contributed by atoms with Gasteiger partial charge >= 0.3 is 5.97 Å². The molecule has 0 radical (unpaired) electrons. The molecule has 0 atom stereocenters. The van der Waals surface area contributed by atoms with E-state index < -0.39 is 5.97 Å². The van der Waals surface area contributed by atoms with Crippen LogP contribution in [0.3, 0.4) is 0 Å². The maximum atomic E-state index is 11.0. The van der Waals surface area contributed by atoms with Crippen molar-refractivity contribution in [3.8, 4) is 11.3 Å². The standard InChI is InChI=1S/C19H24N4O2/c1-13(2)23-5-3-14(4-6-23)7-17-11-22-18(12-21-17)15-8-16(19(24)25)10-20-9-15/h8-14H,3-7H2,1-2H3,(H,24,25). The fraction of sp³-hybridized carbons (Fsp3) is 0.474. The zero-order valence-electron chi connectivity index (χ0n) is 14.7. The Bertz CT molecular complexity index is 722. The van der Waals surface area contributed by atoms with Crippen molar-refractivity contribution in [2.45, 2.75) is 39.2 Å². The first-order valence-electron chi connectivity index (χ1n) is 8.76. The number of pyridine rings is 1. The van der Waals surface area contributed by atoms with E-state index in [0.29, 0.717) is 23.2 Å². The van der Waals surface area contributed by atoms with Crippen LogP contribution in [0.2, 0.25) is 0 Å². The van der Waals surface area contributed by atoms with E-state index in [0.717, 1.165) is 25.2 Å². The van der Waals surface area contributed by atoms with Crippen molar-refractivity contribution in [2.24, 2.45) is 5.92 Å². The summed E-state index contributed by atoms with van der Waals surface area (Å²) >= 11 is 0. The summed E-state index contributed by atoms with van der Waals surface area (Å²) in [5, 5.41) is 9.06. The van der Waals surface area contributed by atoms with Gasteiger partial charge in [0.15, 0.2) is 0 Å². The van der Waals surface area contributed by atoms with Crippen molar-refractivity contribution >= 4 is 5.97 Å². The lowest BCUT2D eigenvalue weighted by atomic mass is 9.92. The van der Waals surface area contributed by atoms with E-state index >= 15 is 0 Å². The minimum absolute atomic E-state index is 0.153.